The van der Waals surface area contributed by atoms with Gasteiger partial charge in [-0.25, -0.2) is 0 Å². The molecule has 1 fully saturated rings. The number of nitrogens with one attached hydrogen (secondary N) is 1. The molecule has 0 saturated carbocycles. The first-order valence-corrected chi connectivity index (χ1v) is 5.95. The Morgan fingerprint density at radius 2 is 1.89 bits per heavy atom. The maximum atomic E-state index is 12.1. The summed E-state index contributed by atoms with van der Waals surface area (Å²) >= 11 is 10.8. The van der Waals surface area contributed by atoms with Crippen molar-refractivity contribution in [1.29, 1.82) is 0 Å². The number of anilines is 1. The lowest BCUT2D eigenvalue weighted by Gasteiger charge is -2.28. The van der Waals surface area contributed by atoms with E-state index in [0.29, 0.717) is 10.7 Å². The Labute approximate surface area is 114 Å². The fraction of sp³-hybridized carbons (Fsp3) is 0.0833. The van der Waals surface area contributed by atoms with Gasteiger partial charge in [-0.2, -0.15) is 0 Å². The maximum absolute atomic E-state index is 12.1. The average molecular weight is 281 g/mol. The molecule has 0 aromatic heterocycles. The van der Waals surface area contributed by atoms with Gasteiger partial charge in [0.1, 0.15) is 5.57 Å². The third-order valence-electron chi connectivity index (χ3n) is 2.48. The smallest absolute Gasteiger partial charge is 0.269 e. The molecule has 1 saturated heterocycles. The highest BCUT2D eigenvalue weighted by Gasteiger charge is 2.33. The Balaban J connectivity index is 2.43. The zero-order valence-electron chi connectivity index (χ0n) is 9.44. The highest BCUT2D eigenvalue weighted by molar-refractivity contribution is 7.80. The largest absolute Gasteiger partial charge is 0.298 e. The van der Waals surface area contributed by atoms with Crippen LogP contribution in [0.1, 0.15) is 6.92 Å². The average Bonchev–Trinajstić information content (AvgIpc) is 2.31. The second kappa shape index (κ2) is 4.88. The van der Waals surface area contributed by atoms with E-state index in [0.717, 1.165) is 0 Å². The van der Waals surface area contributed by atoms with Crippen LogP contribution in [0, 0.1) is 0 Å². The first kappa shape index (κ1) is 12.7. The maximum Gasteiger partial charge on any atom is 0.269 e. The summed E-state index contributed by atoms with van der Waals surface area (Å²) in [5.74, 6) is -0.911. The Morgan fingerprint density at radius 3 is 2.44 bits per heavy atom. The summed E-state index contributed by atoms with van der Waals surface area (Å²) < 4.78 is 0. The normalized spacial score (nSPS) is 18.2. The van der Waals surface area contributed by atoms with Gasteiger partial charge in [-0.3, -0.25) is 19.8 Å². The molecule has 92 valence electrons. The summed E-state index contributed by atoms with van der Waals surface area (Å²) in [6.45, 7) is 1.63. The highest BCUT2D eigenvalue weighted by Crippen LogP contribution is 2.22. The van der Waals surface area contributed by atoms with Gasteiger partial charge >= 0.3 is 0 Å². The van der Waals surface area contributed by atoms with Gasteiger partial charge in [-0.15, -0.1) is 0 Å². The van der Waals surface area contributed by atoms with Crippen LogP contribution < -0.4 is 10.2 Å². The Kier molecular flexibility index (Phi) is 3.45. The van der Waals surface area contributed by atoms with Crippen molar-refractivity contribution in [3.05, 3.63) is 40.9 Å². The van der Waals surface area contributed by atoms with Crippen molar-refractivity contribution in [3.8, 4) is 0 Å². The van der Waals surface area contributed by atoms with Crippen molar-refractivity contribution in [2.75, 3.05) is 4.90 Å². The van der Waals surface area contributed by atoms with E-state index in [1.165, 1.54) is 11.0 Å². The van der Waals surface area contributed by atoms with Crippen LogP contribution in [0.2, 0.25) is 5.02 Å². The van der Waals surface area contributed by atoms with Crippen molar-refractivity contribution in [2.24, 2.45) is 0 Å². The number of amides is 2. The molecule has 1 aliphatic rings. The number of nitrogens with zero attached hydrogens (tertiary/aromatic N) is 1. The molecular formula is C12H9ClN2O2S. The topological polar surface area (TPSA) is 49.4 Å². The van der Waals surface area contributed by atoms with Crippen molar-refractivity contribution in [2.45, 2.75) is 6.92 Å². The van der Waals surface area contributed by atoms with E-state index in [1.807, 2.05) is 0 Å². The number of allylic oxidation sites excluding steroid dienone is 1. The molecule has 0 unspecified atom stereocenters. The summed E-state index contributed by atoms with van der Waals surface area (Å²) in [7, 11) is 0. The fourth-order valence-corrected chi connectivity index (χ4v) is 2.02. The van der Waals surface area contributed by atoms with Crippen LogP contribution in [0.5, 0.6) is 0 Å². The summed E-state index contributed by atoms with van der Waals surface area (Å²) in [6, 6.07) is 6.63. The number of hydrogen-bond donors (Lipinski definition) is 1. The highest BCUT2D eigenvalue weighted by atomic mass is 35.5. The lowest BCUT2D eigenvalue weighted by Crippen LogP contribution is -2.54. The second-order valence-corrected chi connectivity index (χ2v) is 4.40. The van der Waals surface area contributed by atoms with Crippen molar-refractivity contribution in [1.82, 2.24) is 5.32 Å². The second-order valence-electron chi connectivity index (χ2n) is 3.58. The minimum atomic E-state index is -0.474. The van der Waals surface area contributed by atoms with Gasteiger partial charge < -0.3 is 0 Å². The van der Waals surface area contributed by atoms with Crippen LogP contribution >= 0.6 is 23.8 Å². The van der Waals surface area contributed by atoms with Crippen LogP contribution in [0.4, 0.5) is 5.69 Å². The van der Waals surface area contributed by atoms with Crippen LogP contribution in [0.3, 0.4) is 0 Å². The minimum absolute atomic E-state index is 0.0675. The van der Waals surface area contributed by atoms with Gasteiger partial charge in [0.05, 0.1) is 5.69 Å². The Hall–Kier alpha value is -1.72. The molecule has 0 radical (unpaired) electrons. The number of benzene rings is 1. The van der Waals surface area contributed by atoms with Crippen LogP contribution in [0.15, 0.2) is 35.9 Å². The number of carbonyl (C=O) groups is 2. The van der Waals surface area contributed by atoms with Gasteiger partial charge in [0, 0.05) is 5.02 Å². The lowest BCUT2D eigenvalue weighted by atomic mass is 10.1. The van der Waals surface area contributed by atoms with E-state index < -0.39 is 11.8 Å². The molecule has 2 amide bonds. The summed E-state index contributed by atoms with van der Waals surface area (Å²) in [5.41, 5.74) is 0.632. The Bertz CT molecular complexity index is 566. The first-order chi connectivity index (χ1) is 8.54. The molecule has 1 heterocycles. The van der Waals surface area contributed by atoms with Crippen LogP contribution in [-0.2, 0) is 9.59 Å². The van der Waals surface area contributed by atoms with Gasteiger partial charge in [-0.1, -0.05) is 17.7 Å². The van der Waals surface area contributed by atoms with E-state index in [1.54, 1.807) is 31.2 Å². The SMILES string of the molecule is C/C=C1\C(=O)NC(=S)N(c2ccc(Cl)cc2)C1=O. The molecule has 18 heavy (non-hydrogen) atoms. The van der Waals surface area contributed by atoms with E-state index in [4.69, 9.17) is 23.8 Å². The molecule has 0 aliphatic carbocycles. The number of rotatable bonds is 1. The molecule has 1 aliphatic heterocycles. The minimum Gasteiger partial charge on any atom is -0.298 e. The molecule has 1 aromatic carbocycles. The molecule has 2 rings (SSSR count). The van der Waals surface area contributed by atoms with Gasteiger partial charge in [0.15, 0.2) is 5.11 Å². The van der Waals surface area contributed by atoms with E-state index in [2.05, 4.69) is 5.32 Å². The van der Waals surface area contributed by atoms with Crippen LogP contribution in [0.25, 0.3) is 0 Å². The van der Waals surface area contributed by atoms with Crippen LogP contribution in [-0.4, -0.2) is 16.9 Å². The zero-order valence-corrected chi connectivity index (χ0v) is 11.0. The monoisotopic (exact) mass is 280 g/mol. The molecule has 0 bridgehead atoms. The van der Waals surface area contributed by atoms with Gasteiger partial charge in [0.2, 0.25) is 0 Å². The van der Waals surface area contributed by atoms with Gasteiger partial charge in [-0.05, 0) is 43.4 Å². The first-order valence-electron chi connectivity index (χ1n) is 5.16. The molecule has 4 nitrogen and oxygen atoms in total. The van der Waals surface area contributed by atoms with E-state index in [9.17, 15) is 9.59 Å². The molecule has 0 spiro atoms. The molecule has 1 aromatic rings. The van der Waals surface area contributed by atoms with Crippen molar-refractivity contribution >= 4 is 46.4 Å². The fourth-order valence-electron chi connectivity index (χ4n) is 1.61. The number of hydrogen-bond acceptors (Lipinski definition) is 3. The quantitative estimate of drug-likeness (QED) is 0.486. The van der Waals surface area contributed by atoms with E-state index in [-0.39, 0.29) is 10.7 Å². The van der Waals surface area contributed by atoms with Gasteiger partial charge in [0.25, 0.3) is 11.8 Å². The third kappa shape index (κ3) is 2.14. The standard InChI is InChI=1S/C12H9ClN2O2S/c1-2-9-10(16)14-12(18)15(11(9)17)8-5-3-7(13)4-6-8/h2-6H,1H3,(H,14,16,18)/b9-2+. The zero-order chi connectivity index (χ0) is 13.3. The lowest BCUT2D eigenvalue weighted by molar-refractivity contribution is -0.122. The summed E-state index contributed by atoms with van der Waals surface area (Å²) in [4.78, 5) is 24.9. The third-order valence-corrected chi connectivity index (χ3v) is 3.01. The van der Waals surface area contributed by atoms with E-state index >= 15 is 0 Å². The number of thiocarbonyl (C=S) groups is 1. The predicted octanol–water partition coefficient (Wildman–Crippen LogP) is 2.03. The number of halogens is 1. The molecule has 1 N–H and O–H groups in total. The summed E-state index contributed by atoms with van der Waals surface area (Å²) in [6.07, 6.45) is 1.46. The predicted molar refractivity (Wildman–Crippen MR) is 73.4 cm³/mol. The summed E-state index contributed by atoms with van der Waals surface area (Å²) in [5, 5.41) is 3.10. The molecular weight excluding hydrogens is 272 g/mol. The Morgan fingerprint density at radius 1 is 1.28 bits per heavy atom. The number of carbonyl (C=O) groups excluding carboxylic acids is 2. The van der Waals surface area contributed by atoms with Crippen molar-refractivity contribution < 1.29 is 9.59 Å². The van der Waals surface area contributed by atoms with Crippen molar-refractivity contribution in [3.63, 3.8) is 0 Å². The molecule has 0 atom stereocenters. The molecule has 6 heteroatoms.